The maximum Gasteiger partial charge on any atom is 0.248 e. The molecule has 11 heteroatoms. The summed E-state index contributed by atoms with van der Waals surface area (Å²) in [6, 6.07) is 16.8. The molecular formula is C37H46N6O4S. The van der Waals surface area contributed by atoms with Crippen molar-refractivity contribution in [2.45, 2.75) is 74.2 Å². The number of fused-ring (bicyclic) bond motifs is 2. The van der Waals surface area contributed by atoms with E-state index in [1.165, 1.54) is 0 Å². The number of carbonyl (C=O) groups is 3. The lowest BCUT2D eigenvalue weighted by atomic mass is 9.66. The number of hydrogen-bond acceptors (Lipinski definition) is 7. The summed E-state index contributed by atoms with van der Waals surface area (Å²) in [4.78, 5) is 49.6. The van der Waals surface area contributed by atoms with Crippen molar-refractivity contribution in [2.75, 3.05) is 26.2 Å². The maximum absolute atomic E-state index is 14.9. The van der Waals surface area contributed by atoms with Crippen LogP contribution in [0, 0.1) is 11.8 Å². The van der Waals surface area contributed by atoms with E-state index in [-0.39, 0.29) is 37.5 Å². The van der Waals surface area contributed by atoms with E-state index in [0.29, 0.717) is 38.9 Å². The van der Waals surface area contributed by atoms with E-state index < -0.39 is 27.4 Å². The van der Waals surface area contributed by atoms with Gasteiger partial charge in [0.15, 0.2) is 0 Å². The Morgan fingerprint density at radius 1 is 0.979 bits per heavy atom. The van der Waals surface area contributed by atoms with Gasteiger partial charge in [-0.3, -0.25) is 14.4 Å². The highest BCUT2D eigenvalue weighted by Crippen LogP contribution is 2.71. The number of benzene rings is 2. The Morgan fingerprint density at radius 3 is 2.44 bits per heavy atom. The van der Waals surface area contributed by atoms with Crippen LogP contribution in [0.1, 0.15) is 51.0 Å². The summed E-state index contributed by atoms with van der Waals surface area (Å²) in [7, 11) is 0. The third-order valence-electron chi connectivity index (χ3n) is 10.3. The van der Waals surface area contributed by atoms with Gasteiger partial charge in [-0.1, -0.05) is 72.7 Å². The van der Waals surface area contributed by atoms with Gasteiger partial charge >= 0.3 is 0 Å². The molecule has 3 aliphatic heterocycles. The summed E-state index contributed by atoms with van der Waals surface area (Å²) in [5, 5.41) is 17.9. The third-order valence-corrected chi connectivity index (χ3v) is 12.3. The van der Waals surface area contributed by atoms with E-state index in [4.69, 9.17) is 0 Å². The molecule has 4 heterocycles. The zero-order valence-corrected chi connectivity index (χ0v) is 28.6. The summed E-state index contributed by atoms with van der Waals surface area (Å²) >= 11 is 1.69. The molecular weight excluding hydrogens is 625 g/mol. The van der Waals surface area contributed by atoms with Crippen molar-refractivity contribution in [3.05, 3.63) is 85.5 Å². The molecule has 3 fully saturated rings. The van der Waals surface area contributed by atoms with Crippen LogP contribution in [0.4, 0.5) is 0 Å². The number of aliphatic hydroxyl groups excluding tert-OH is 1. The third kappa shape index (κ3) is 6.07. The first-order chi connectivity index (χ1) is 23.3. The van der Waals surface area contributed by atoms with Crippen molar-refractivity contribution in [3.63, 3.8) is 0 Å². The average molecular weight is 671 g/mol. The van der Waals surface area contributed by atoms with Gasteiger partial charge in [-0.25, -0.2) is 4.68 Å². The van der Waals surface area contributed by atoms with Gasteiger partial charge in [-0.2, -0.15) is 0 Å². The Hall–Kier alpha value is -3.96. The lowest BCUT2D eigenvalue weighted by Crippen LogP contribution is -2.55. The average Bonchev–Trinajstić information content (AvgIpc) is 3.79. The van der Waals surface area contributed by atoms with Crippen molar-refractivity contribution in [1.29, 1.82) is 0 Å². The molecule has 1 aromatic heterocycles. The molecule has 2 unspecified atom stereocenters. The highest BCUT2D eigenvalue weighted by Gasteiger charge is 2.77. The molecule has 3 aliphatic rings. The second-order valence-corrected chi connectivity index (χ2v) is 15.4. The molecule has 2 bridgehead atoms. The van der Waals surface area contributed by atoms with Crippen molar-refractivity contribution in [3.8, 4) is 0 Å². The summed E-state index contributed by atoms with van der Waals surface area (Å²) in [5.41, 5.74) is 2.56. The Labute approximate surface area is 286 Å². The van der Waals surface area contributed by atoms with Crippen LogP contribution in [0.3, 0.4) is 0 Å². The number of rotatable bonds is 16. The minimum absolute atomic E-state index is 0.0540. The number of amides is 3. The minimum atomic E-state index is -0.731. The standard InChI is InChI=1S/C37H46N6O4S/c1-4-21-40(25-27-15-9-8-10-16-27)33(45)30-31-34(46)42(23-13-6-7-14-24-44)32(37(31)20-19-36(30,3)48-37)35(47)41(22-5-2)26-43-29-18-12-11-17-28(29)38-39-43/h4-5,8-12,15-18,30-32,44H,1-2,6-7,13-14,19-26H2,3H3/t30-,31+,32?,36+,37?/m1/s1. The van der Waals surface area contributed by atoms with E-state index in [1.54, 1.807) is 38.4 Å². The minimum Gasteiger partial charge on any atom is -0.396 e. The first-order valence-corrected chi connectivity index (χ1v) is 17.8. The SMILES string of the molecule is C=CCN(Cn1nnc2ccccc21)C(=O)C1N(CCCCCCO)C(=O)[C@@H]2[C@H](C(=O)N(CC=C)Cc3ccccc3)[C@]3(C)CCC12S3. The number of nitrogens with zero attached hydrogens (tertiary/aromatic N) is 6. The van der Waals surface area contributed by atoms with Crippen LogP contribution in [-0.4, -0.2) is 94.3 Å². The number of carbonyl (C=O) groups excluding carboxylic acids is 3. The van der Waals surface area contributed by atoms with Crippen LogP contribution < -0.4 is 0 Å². The topological polar surface area (TPSA) is 112 Å². The number of hydrogen-bond donors (Lipinski definition) is 1. The van der Waals surface area contributed by atoms with E-state index in [2.05, 4.69) is 30.4 Å². The van der Waals surface area contributed by atoms with Crippen molar-refractivity contribution < 1.29 is 19.5 Å². The fourth-order valence-corrected chi connectivity index (χ4v) is 10.5. The van der Waals surface area contributed by atoms with E-state index in [9.17, 15) is 19.5 Å². The van der Waals surface area contributed by atoms with Crippen LogP contribution in [0.25, 0.3) is 11.0 Å². The van der Waals surface area contributed by atoms with Crippen molar-refractivity contribution in [2.24, 2.45) is 11.8 Å². The molecule has 3 aromatic rings. The van der Waals surface area contributed by atoms with Crippen LogP contribution in [0.2, 0.25) is 0 Å². The van der Waals surface area contributed by atoms with Gasteiger partial charge in [0.2, 0.25) is 17.7 Å². The molecule has 1 spiro atoms. The fourth-order valence-electron chi connectivity index (χ4n) is 8.19. The first-order valence-electron chi connectivity index (χ1n) is 17.0. The van der Waals surface area contributed by atoms with Crippen LogP contribution in [0.5, 0.6) is 0 Å². The Balaban J connectivity index is 1.35. The van der Waals surface area contributed by atoms with Crippen LogP contribution in [0.15, 0.2) is 79.9 Å². The monoisotopic (exact) mass is 670 g/mol. The van der Waals surface area contributed by atoms with E-state index >= 15 is 0 Å². The quantitative estimate of drug-likeness (QED) is 0.175. The van der Waals surface area contributed by atoms with Gasteiger partial charge in [0.1, 0.15) is 18.2 Å². The van der Waals surface area contributed by atoms with Crippen molar-refractivity contribution >= 4 is 40.5 Å². The fraction of sp³-hybridized carbons (Fsp3) is 0.486. The number of aliphatic hydroxyl groups is 1. The van der Waals surface area contributed by atoms with Crippen LogP contribution >= 0.6 is 11.8 Å². The predicted octanol–water partition coefficient (Wildman–Crippen LogP) is 4.65. The molecule has 2 aromatic carbocycles. The summed E-state index contributed by atoms with van der Waals surface area (Å²) in [6.45, 7) is 11.8. The molecule has 0 saturated carbocycles. The second kappa shape index (κ2) is 14.3. The molecule has 48 heavy (non-hydrogen) atoms. The summed E-state index contributed by atoms with van der Waals surface area (Å²) in [6.07, 6.45) is 7.96. The molecule has 3 saturated heterocycles. The number of para-hydroxylation sites is 1. The maximum atomic E-state index is 14.9. The zero-order chi connectivity index (χ0) is 33.9. The lowest BCUT2D eigenvalue weighted by Gasteiger charge is -2.38. The summed E-state index contributed by atoms with van der Waals surface area (Å²) < 4.78 is 0.501. The van der Waals surface area contributed by atoms with Crippen molar-refractivity contribution in [1.82, 2.24) is 29.7 Å². The number of thioether (sulfide) groups is 1. The molecule has 0 radical (unpaired) electrons. The molecule has 5 atom stereocenters. The van der Waals surface area contributed by atoms with E-state index in [0.717, 1.165) is 35.9 Å². The highest BCUT2D eigenvalue weighted by molar-refractivity contribution is 8.02. The predicted molar refractivity (Wildman–Crippen MR) is 187 cm³/mol. The van der Waals surface area contributed by atoms with Gasteiger partial charge in [-0.05, 0) is 50.3 Å². The molecule has 6 rings (SSSR count). The van der Waals surface area contributed by atoms with Crippen LogP contribution in [-0.2, 0) is 27.6 Å². The Morgan fingerprint density at radius 2 is 1.69 bits per heavy atom. The number of aromatic nitrogens is 3. The van der Waals surface area contributed by atoms with Gasteiger partial charge in [0.05, 0.1) is 22.1 Å². The molecule has 254 valence electrons. The van der Waals surface area contributed by atoms with Gasteiger partial charge in [0, 0.05) is 37.5 Å². The summed E-state index contributed by atoms with van der Waals surface area (Å²) in [5.74, 6) is -1.48. The smallest absolute Gasteiger partial charge is 0.248 e. The first kappa shape index (κ1) is 33.9. The number of likely N-dealkylation sites (tertiary alicyclic amines) is 1. The Kier molecular flexibility index (Phi) is 10.1. The molecule has 1 N–H and O–H groups in total. The zero-order valence-electron chi connectivity index (χ0n) is 27.7. The normalized spacial score (nSPS) is 25.8. The lowest BCUT2D eigenvalue weighted by molar-refractivity contribution is -0.146. The highest BCUT2D eigenvalue weighted by atomic mass is 32.2. The van der Waals surface area contributed by atoms with Gasteiger partial charge in [0.25, 0.3) is 0 Å². The second-order valence-electron chi connectivity index (χ2n) is 13.5. The van der Waals surface area contributed by atoms with Gasteiger partial charge < -0.3 is 19.8 Å². The number of unbranched alkanes of at least 4 members (excludes halogenated alkanes) is 3. The van der Waals surface area contributed by atoms with E-state index in [1.807, 2.05) is 59.5 Å². The largest absolute Gasteiger partial charge is 0.396 e. The van der Waals surface area contributed by atoms with Gasteiger partial charge in [-0.15, -0.1) is 30.0 Å². The molecule has 0 aliphatic carbocycles. The molecule has 3 amide bonds. The molecule has 10 nitrogen and oxygen atoms in total. The Bertz CT molecular complexity index is 1660.